The van der Waals surface area contributed by atoms with Crippen LogP contribution in [0, 0.1) is 25.7 Å². The highest BCUT2D eigenvalue weighted by molar-refractivity contribution is 5.76. The van der Waals surface area contributed by atoms with E-state index in [1.807, 2.05) is 6.92 Å². The van der Waals surface area contributed by atoms with Crippen LogP contribution < -0.4 is 11.1 Å². The minimum Gasteiger partial charge on any atom is -0.353 e. The van der Waals surface area contributed by atoms with E-state index < -0.39 is 0 Å². The highest BCUT2D eigenvalue weighted by Crippen LogP contribution is 2.24. The van der Waals surface area contributed by atoms with Crippen molar-refractivity contribution >= 4 is 5.91 Å². The van der Waals surface area contributed by atoms with E-state index in [0.717, 1.165) is 31.5 Å². The fourth-order valence-corrected chi connectivity index (χ4v) is 3.65. The van der Waals surface area contributed by atoms with E-state index in [4.69, 9.17) is 5.73 Å². The molecule has 0 aromatic carbocycles. The zero-order valence-electron chi connectivity index (χ0n) is 15.1. The van der Waals surface area contributed by atoms with Crippen molar-refractivity contribution in [1.29, 1.82) is 0 Å². The Bertz CT molecular complexity index is 535. The Hall–Kier alpha value is -1.36. The molecule has 0 bridgehead atoms. The molecular weight excluding hydrogens is 288 g/mol. The van der Waals surface area contributed by atoms with Gasteiger partial charge in [0.2, 0.25) is 5.91 Å². The van der Waals surface area contributed by atoms with Crippen molar-refractivity contribution < 1.29 is 4.79 Å². The van der Waals surface area contributed by atoms with Crippen LogP contribution in [0.5, 0.6) is 0 Å². The first-order chi connectivity index (χ1) is 10.9. The van der Waals surface area contributed by atoms with Crippen molar-refractivity contribution in [2.75, 3.05) is 6.54 Å². The van der Waals surface area contributed by atoms with Crippen LogP contribution in [0.25, 0.3) is 0 Å². The maximum Gasteiger partial charge on any atom is 0.220 e. The lowest BCUT2D eigenvalue weighted by molar-refractivity contribution is -0.122. The summed E-state index contributed by atoms with van der Waals surface area (Å²) in [6.45, 7) is 10.1. The summed E-state index contributed by atoms with van der Waals surface area (Å²) in [5.74, 6) is 1.17. The van der Waals surface area contributed by atoms with E-state index in [0.29, 0.717) is 24.8 Å². The molecule has 2 unspecified atom stereocenters. The summed E-state index contributed by atoms with van der Waals surface area (Å²) in [6.07, 6.45) is 4.68. The van der Waals surface area contributed by atoms with E-state index in [1.54, 1.807) is 0 Å². The van der Waals surface area contributed by atoms with Gasteiger partial charge in [-0.3, -0.25) is 9.48 Å². The Morgan fingerprint density at radius 1 is 1.39 bits per heavy atom. The van der Waals surface area contributed by atoms with Gasteiger partial charge in [-0.05, 0) is 57.1 Å². The zero-order valence-corrected chi connectivity index (χ0v) is 15.1. The number of hydrogen-bond donors (Lipinski definition) is 2. The normalized spacial score (nSPS) is 21.1. The van der Waals surface area contributed by atoms with E-state index in [2.05, 4.69) is 35.9 Å². The average molecular weight is 320 g/mol. The third-order valence-corrected chi connectivity index (χ3v) is 4.98. The van der Waals surface area contributed by atoms with Gasteiger partial charge in [0.05, 0.1) is 5.69 Å². The highest BCUT2D eigenvalue weighted by atomic mass is 16.1. The van der Waals surface area contributed by atoms with E-state index in [1.165, 1.54) is 17.7 Å². The lowest BCUT2D eigenvalue weighted by Crippen LogP contribution is -2.39. The Labute approximate surface area is 140 Å². The largest absolute Gasteiger partial charge is 0.353 e. The molecule has 1 aromatic heterocycles. The molecule has 3 N–H and O–H groups in total. The maximum atomic E-state index is 12.3. The SMILES string of the molecule is Cc1nn(CC(C)C)c(C)c1CCC(=O)NC1CCCC1CN. The van der Waals surface area contributed by atoms with E-state index in [9.17, 15) is 4.79 Å². The molecule has 1 aromatic rings. The fraction of sp³-hybridized carbons (Fsp3) is 0.778. The first-order valence-electron chi connectivity index (χ1n) is 8.94. The third kappa shape index (κ3) is 4.56. The Morgan fingerprint density at radius 2 is 2.13 bits per heavy atom. The van der Waals surface area contributed by atoms with Gasteiger partial charge in [0.1, 0.15) is 0 Å². The molecule has 0 radical (unpaired) electrons. The topological polar surface area (TPSA) is 72.9 Å². The second kappa shape index (κ2) is 7.95. The van der Waals surface area contributed by atoms with Crippen LogP contribution in [-0.2, 0) is 17.8 Å². The predicted molar refractivity (Wildman–Crippen MR) is 93.2 cm³/mol. The standard InChI is InChI=1S/C18H32N4O/c1-12(2)11-22-14(4)16(13(3)21-22)8-9-18(23)20-17-7-5-6-15(17)10-19/h12,15,17H,5-11,19H2,1-4H3,(H,20,23). The molecule has 1 heterocycles. The van der Waals surface area contributed by atoms with Gasteiger partial charge in [0, 0.05) is 24.7 Å². The van der Waals surface area contributed by atoms with E-state index in [-0.39, 0.29) is 11.9 Å². The van der Waals surface area contributed by atoms with Gasteiger partial charge >= 0.3 is 0 Å². The van der Waals surface area contributed by atoms with Gasteiger partial charge in [-0.2, -0.15) is 5.10 Å². The van der Waals surface area contributed by atoms with Crippen LogP contribution in [0.2, 0.25) is 0 Å². The number of hydrogen-bond acceptors (Lipinski definition) is 3. The number of amides is 1. The number of rotatable bonds is 7. The summed E-state index contributed by atoms with van der Waals surface area (Å²) in [5.41, 5.74) is 9.26. The van der Waals surface area contributed by atoms with Crippen molar-refractivity contribution in [1.82, 2.24) is 15.1 Å². The average Bonchev–Trinajstić information content (AvgIpc) is 3.02. The second-order valence-electron chi connectivity index (χ2n) is 7.33. The molecule has 1 saturated carbocycles. The highest BCUT2D eigenvalue weighted by Gasteiger charge is 2.27. The van der Waals surface area contributed by atoms with Crippen LogP contribution >= 0.6 is 0 Å². The summed E-state index contributed by atoms with van der Waals surface area (Å²) >= 11 is 0. The monoisotopic (exact) mass is 320 g/mol. The van der Waals surface area contributed by atoms with Crippen LogP contribution in [0.1, 0.15) is 56.5 Å². The first kappa shape index (κ1) is 18.0. The molecule has 23 heavy (non-hydrogen) atoms. The predicted octanol–water partition coefficient (Wildman–Crippen LogP) is 2.33. The number of aromatic nitrogens is 2. The Kier molecular flexibility index (Phi) is 6.22. The quantitative estimate of drug-likeness (QED) is 0.810. The number of nitrogens with zero attached hydrogens (tertiary/aromatic N) is 2. The maximum absolute atomic E-state index is 12.3. The van der Waals surface area contributed by atoms with Crippen molar-refractivity contribution in [2.24, 2.45) is 17.6 Å². The van der Waals surface area contributed by atoms with Crippen LogP contribution in [0.3, 0.4) is 0 Å². The number of aryl methyl sites for hydroxylation is 1. The molecule has 0 saturated heterocycles. The number of nitrogens with two attached hydrogens (primary N) is 1. The molecule has 1 aliphatic rings. The molecule has 0 aliphatic heterocycles. The first-order valence-corrected chi connectivity index (χ1v) is 8.94. The van der Waals surface area contributed by atoms with Crippen LogP contribution in [0.15, 0.2) is 0 Å². The molecule has 1 fully saturated rings. The number of carbonyl (C=O) groups excluding carboxylic acids is 1. The minimum atomic E-state index is 0.144. The van der Waals surface area contributed by atoms with E-state index >= 15 is 0 Å². The minimum absolute atomic E-state index is 0.144. The summed E-state index contributed by atoms with van der Waals surface area (Å²) in [6, 6.07) is 0.276. The van der Waals surface area contributed by atoms with Gasteiger partial charge in [-0.15, -0.1) is 0 Å². The zero-order chi connectivity index (χ0) is 17.0. The van der Waals surface area contributed by atoms with Gasteiger partial charge in [0.15, 0.2) is 0 Å². The molecule has 5 heteroatoms. The molecule has 2 atom stereocenters. The van der Waals surface area contributed by atoms with Crippen molar-refractivity contribution in [3.8, 4) is 0 Å². The molecule has 2 rings (SSSR count). The Morgan fingerprint density at radius 3 is 2.78 bits per heavy atom. The molecular formula is C18H32N4O. The smallest absolute Gasteiger partial charge is 0.220 e. The van der Waals surface area contributed by atoms with Crippen molar-refractivity contribution in [3.05, 3.63) is 17.0 Å². The summed E-state index contributed by atoms with van der Waals surface area (Å²) in [5, 5.41) is 7.81. The second-order valence-corrected chi connectivity index (χ2v) is 7.33. The summed E-state index contributed by atoms with van der Waals surface area (Å²) in [4.78, 5) is 12.3. The number of carbonyl (C=O) groups is 1. The van der Waals surface area contributed by atoms with Gasteiger partial charge in [0.25, 0.3) is 0 Å². The lowest BCUT2D eigenvalue weighted by Gasteiger charge is -2.19. The van der Waals surface area contributed by atoms with Crippen LogP contribution in [0.4, 0.5) is 0 Å². The molecule has 130 valence electrons. The Balaban J connectivity index is 1.90. The molecule has 1 aliphatic carbocycles. The molecule has 1 amide bonds. The summed E-state index contributed by atoms with van der Waals surface area (Å²) in [7, 11) is 0. The molecule has 5 nitrogen and oxygen atoms in total. The van der Waals surface area contributed by atoms with Gasteiger partial charge in [-0.1, -0.05) is 20.3 Å². The van der Waals surface area contributed by atoms with Crippen LogP contribution in [-0.4, -0.2) is 28.3 Å². The van der Waals surface area contributed by atoms with Crippen molar-refractivity contribution in [2.45, 2.75) is 72.4 Å². The molecule has 0 spiro atoms. The van der Waals surface area contributed by atoms with Crippen molar-refractivity contribution in [3.63, 3.8) is 0 Å². The fourth-order valence-electron chi connectivity index (χ4n) is 3.65. The summed E-state index contributed by atoms with van der Waals surface area (Å²) < 4.78 is 2.08. The lowest BCUT2D eigenvalue weighted by atomic mass is 10.0. The number of nitrogens with one attached hydrogen (secondary N) is 1. The van der Waals surface area contributed by atoms with Gasteiger partial charge < -0.3 is 11.1 Å². The third-order valence-electron chi connectivity index (χ3n) is 4.98. The van der Waals surface area contributed by atoms with Gasteiger partial charge in [-0.25, -0.2) is 0 Å².